The number of phenols is 1. The Balaban J connectivity index is 1.88. The van der Waals surface area contributed by atoms with Gasteiger partial charge >= 0.3 is 5.97 Å². The number of rotatable bonds is 5. The molecular weight excluding hydrogens is 318 g/mol. The molecule has 2 rings (SSSR count). The van der Waals surface area contributed by atoms with Crippen LogP contribution in [0.4, 0.5) is 0 Å². The number of phenolic OH excluding ortho intramolecular Hbond substituents is 1. The highest BCUT2D eigenvalue weighted by molar-refractivity contribution is 6.31. The van der Waals surface area contributed by atoms with Crippen molar-refractivity contribution in [3.63, 3.8) is 0 Å². The van der Waals surface area contributed by atoms with Crippen molar-refractivity contribution in [1.29, 1.82) is 0 Å². The Morgan fingerprint density at radius 2 is 1.96 bits per heavy atom. The standard InChI is InChI=1S/C17H16ClNO4/c1-11(14-7-2-3-8-15(14)18)19-16(21)10-23-17(22)12-5-4-6-13(20)9-12/h2-9,11,20H,10H2,1H3,(H,19,21)/t11-/m0/s1. The van der Waals surface area contributed by atoms with Crippen LogP contribution in [0.25, 0.3) is 0 Å². The Bertz CT molecular complexity index is 717. The van der Waals surface area contributed by atoms with Crippen LogP contribution in [0.3, 0.4) is 0 Å². The van der Waals surface area contributed by atoms with Gasteiger partial charge < -0.3 is 15.2 Å². The van der Waals surface area contributed by atoms with E-state index in [2.05, 4.69) is 5.32 Å². The Hall–Kier alpha value is -2.53. The molecule has 0 bridgehead atoms. The third-order valence-electron chi connectivity index (χ3n) is 3.17. The van der Waals surface area contributed by atoms with Gasteiger partial charge in [-0.2, -0.15) is 0 Å². The van der Waals surface area contributed by atoms with Crippen LogP contribution in [0, 0.1) is 0 Å². The molecule has 0 aliphatic carbocycles. The molecule has 0 saturated carbocycles. The number of aromatic hydroxyl groups is 1. The molecule has 1 atom stereocenters. The van der Waals surface area contributed by atoms with Gasteiger partial charge in [-0.3, -0.25) is 4.79 Å². The lowest BCUT2D eigenvalue weighted by Crippen LogP contribution is -2.31. The van der Waals surface area contributed by atoms with Crippen LogP contribution in [0.2, 0.25) is 5.02 Å². The van der Waals surface area contributed by atoms with E-state index in [1.165, 1.54) is 24.3 Å². The van der Waals surface area contributed by atoms with E-state index in [0.717, 1.165) is 5.56 Å². The molecule has 0 aromatic heterocycles. The van der Waals surface area contributed by atoms with Crippen LogP contribution in [-0.4, -0.2) is 23.6 Å². The molecule has 5 nitrogen and oxygen atoms in total. The fraction of sp³-hybridized carbons (Fsp3) is 0.176. The van der Waals surface area contributed by atoms with E-state index in [4.69, 9.17) is 16.3 Å². The Kier molecular flexibility index (Phi) is 5.60. The van der Waals surface area contributed by atoms with E-state index in [1.807, 2.05) is 12.1 Å². The van der Waals surface area contributed by atoms with E-state index in [9.17, 15) is 14.7 Å². The number of hydrogen-bond donors (Lipinski definition) is 2. The van der Waals surface area contributed by atoms with Crippen LogP contribution >= 0.6 is 11.6 Å². The molecule has 120 valence electrons. The van der Waals surface area contributed by atoms with Crippen molar-refractivity contribution in [3.8, 4) is 5.75 Å². The fourth-order valence-corrected chi connectivity index (χ4v) is 2.33. The summed E-state index contributed by atoms with van der Waals surface area (Å²) < 4.78 is 4.92. The molecule has 0 unspecified atom stereocenters. The van der Waals surface area contributed by atoms with Crippen LogP contribution < -0.4 is 5.32 Å². The van der Waals surface area contributed by atoms with E-state index in [-0.39, 0.29) is 17.4 Å². The molecule has 2 aromatic carbocycles. The van der Waals surface area contributed by atoms with Gasteiger partial charge in [0.25, 0.3) is 5.91 Å². The smallest absolute Gasteiger partial charge is 0.338 e. The zero-order valence-electron chi connectivity index (χ0n) is 12.5. The third-order valence-corrected chi connectivity index (χ3v) is 3.51. The van der Waals surface area contributed by atoms with Crippen LogP contribution in [0.15, 0.2) is 48.5 Å². The summed E-state index contributed by atoms with van der Waals surface area (Å²) in [5.74, 6) is -1.16. The average Bonchev–Trinajstić information content (AvgIpc) is 2.53. The number of ether oxygens (including phenoxy) is 1. The highest BCUT2D eigenvalue weighted by Crippen LogP contribution is 2.22. The normalized spacial score (nSPS) is 11.6. The molecule has 2 N–H and O–H groups in total. The summed E-state index contributed by atoms with van der Waals surface area (Å²) in [4.78, 5) is 23.6. The van der Waals surface area contributed by atoms with Gasteiger partial charge in [0.05, 0.1) is 11.6 Å². The number of benzene rings is 2. The minimum atomic E-state index is -0.679. The Morgan fingerprint density at radius 1 is 1.22 bits per heavy atom. The minimum Gasteiger partial charge on any atom is -0.508 e. The molecular formula is C17H16ClNO4. The van der Waals surface area contributed by atoms with Crippen molar-refractivity contribution >= 4 is 23.5 Å². The van der Waals surface area contributed by atoms with Gasteiger partial charge in [0.15, 0.2) is 6.61 Å². The summed E-state index contributed by atoms with van der Waals surface area (Å²) in [6, 6.07) is 12.6. The summed E-state index contributed by atoms with van der Waals surface area (Å²) in [6.07, 6.45) is 0. The first kappa shape index (κ1) is 16.8. The maximum atomic E-state index is 11.9. The number of carbonyl (C=O) groups excluding carboxylic acids is 2. The van der Waals surface area contributed by atoms with Gasteiger partial charge in [-0.25, -0.2) is 4.79 Å². The van der Waals surface area contributed by atoms with E-state index in [0.29, 0.717) is 5.02 Å². The van der Waals surface area contributed by atoms with Crippen molar-refractivity contribution in [1.82, 2.24) is 5.32 Å². The van der Waals surface area contributed by atoms with Crippen LogP contribution in [0.5, 0.6) is 5.75 Å². The number of carbonyl (C=O) groups is 2. The topological polar surface area (TPSA) is 75.6 Å². The van der Waals surface area contributed by atoms with Gasteiger partial charge in [-0.15, -0.1) is 0 Å². The third kappa shape index (κ3) is 4.72. The summed E-state index contributed by atoms with van der Waals surface area (Å²) in [5, 5.41) is 12.6. The molecule has 0 saturated heterocycles. The first-order chi connectivity index (χ1) is 11.0. The summed E-state index contributed by atoms with van der Waals surface area (Å²) in [6.45, 7) is 1.37. The summed E-state index contributed by atoms with van der Waals surface area (Å²) in [7, 11) is 0. The van der Waals surface area contributed by atoms with Crippen molar-refractivity contribution in [2.24, 2.45) is 0 Å². The number of halogens is 1. The SMILES string of the molecule is C[C@H](NC(=O)COC(=O)c1cccc(O)c1)c1ccccc1Cl. The zero-order chi connectivity index (χ0) is 16.8. The number of amides is 1. The summed E-state index contributed by atoms with van der Waals surface area (Å²) in [5.41, 5.74) is 0.957. The molecule has 1 amide bonds. The van der Waals surface area contributed by atoms with Crippen molar-refractivity contribution in [3.05, 3.63) is 64.7 Å². The largest absolute Gasteiger partial charge is 0.508 e. The number of nitrogens with one attached hydrogen (secondary N) is 1. The van der Waals surface area contributed by atoms with Gasteiger partial charge in [0.1, 0.15) is 5.75 Å². The van der Waals surface area contributed by atoms with Gasteiger partial charge in [0, 0.05) is 5.02 Å². The average molecular weight is 334 g/mol. The second-order valence-electron chi connectivity index (χ2n) is 4.94. The predicted octanol–water partition coefficient (Wildman–Crippen LogP) is 3.08. The summed E-state index contributed by atoms with van der Waals surface area (Å²) >= 11 is 6.06. The lowest BCUT2D eigenvalue weighted by molar-refractivity contribution is -0.124. The van der Waals surface area contributed by atoms with Crippen molar-refractivity contribution in [2.75, 3.05) is 6.61 Å². The lowest BCUT2D eigenvalue weighted by atomic mass is 10.1. The molecule has 0 aliphatic heterocycles. The molecule has 0 fully saturated rings. The van der Waals surface area contributed by atoms with Gasteiger partial charge in [0.2, 0.25) is 0 Å². The predicted molar refractivity (Wildman–Crippen MR) is 86.4 cm³/mol. The van der Waals surface area contributed by atoms with Gasteiger partial charge in [-0.1, -0.05) is 35.9 Å². The second-order valence-corrected chi connectivity index (χ2v) is 5.34. The Labute approximate surface area is 138 Å². The Morgan fingerprint density at radius 3 is 2.65 bits per heavy atom. The first-order valence-electron chi connectivity index (χ1n) is 6.97. The van der Waals surface area contributed by atoms with Gasteiger partial charge in [-0.05, 0) is 36.8 Å². The van der Waals surface area contributed by atoms with E-state index < -0.39 is 18.5 Å². The quantitative estimate of drug-likeness (QED) is 0.824. The number of hydrogen-bond acceptors (Lipinski definition) is 4. The zero-order valence-corrected chi connectivity index (χ0v) is 13.2. The molecule has 0 aliphatic rings. The molecule has 2 aromatic rings. The van der Waals surface area contributed by atoms with Crippen LogP contribution in [0.1, 0.15) is 28.9 Å². The van der Waals surface area contributed by atoms with E-state index in [1.54, 1.807) is 19.1 Å². The highest BCUT2D eigenvalue weighted by atomic mass is 35.5. The maximum absolute atomic E-state index is 11.9. The molecule has 0 spiro atoms. The fourth-order valence-electron chi connectivity index (χ4n) is 2.03. The van der Waals surface area contributed by atoms with Crippen molar-refractivity contribution in [2.45, 2.75) is 13.0 Å². The molecule has 0 heterocycles. The van der Waals surface area contributed by atoms with E-state index >= 15 is 0 Å². The number of esters is 1. The van der Waals surface area contributed by atoms with Crippen LogP contribution in [-0.2, 0) is 9.53 Å². The molecule has 6 heteroatoms. The second kappa shape index (κ2) is 7.65. The maximum Gasteiger partial charge on any atom is 0.338 e. The lowest BCUT2D eigenvalue weighted by Gasteiger charge is -2.15. The molecule has 23 heavy (non-hydrogen) atoms. The van der Waals surface area contributed by atoms with Crippen molar-refractivity contribution < 1.29 is 19.4 Å². The molecule has 0 radical (unpaired) electrons. The monoisotopic (exact) mass is 333 g/mol. The minimum absolute atomic E-state index is 0.0451. The highest BCUT2D eigenvalue weighted by Gasteiger charge is 2.14. The first-order valence-corrected chi connectivity index (χ1v) is 7.35.